The molecule has 130 valence electrons. The molecule has 9 heteroatoms. The van der Waals surface area contributed by atoms with Crippen molar-refractivity contribution in [3.63, 3.8) is 0 Å². The summed E-state index contributed by atoms with van der Waals surface area (Å²) in [5.41, 5.74) is -1.07. The zero-order chi connectivity index (χ0) is 17.3. The smallest absolute Gasteiger partial charge is 0.315 e. The summed E-state index contributed by atoms with van der Waals surface area (Å²) in [6.07, 6.45) is -3.45. The van der Waals surface area contributed by atoms with Crippen LogP contribution in [0.2, 0.25) is 5.02 Å². The van der Waals surface area contributed by atoms with Crippen molar-refractivity contribution in [1.82, 2.24) is 9.62 Å². The van der Waals surface area contributed by atoms with Crippen LogP contribution in [0, 0.1) is 0 Å². The van der Waals surface area contributed by atoms with Gasteiger partial charge in [-0.15, -0.1) is 0 Å². The largest absolute Gasteiger partial charge is 0.416 e. The van der Waals surface area contributed by atoms with Crippen molar-refractivity contribution in [1.29, 1.82) is 0 Å². The molecule has 0 amide bonds. The Kier molecular flexibility index (Phi) is 5.60. The Morgan fingerprint density at radius 2 is 2.04 bits per heavy atom. The second-order valence-electron chi connectivity index (χ2n) is 5.44. The van der Waals surface area contributed by atoms with E-state index in [1.807, 2.05) is 6.92 Å². The minimum absolute atomic E-state index is 0.251. The van der Waals surface area contributed by atoms with Crippen molar-refractivity contribution in [2.75, 3.05) is 19.6 Å². The molecule has 0 aliphatic carbocycles. The highest BCUT2D eigenvalue weighted by atomic mass is 35.5. The Morgan fingerprint density at radius 1 is 1.35 bits per heavy atom. The molecule has 1 atom stereocenters. The highest BCUT2D eigenvalue weighted by molar-refractivity contribution is 7.89. The number of nitrogens with zero attached hydrogens (tertiary/aromatic N) is 1. The molecule has 1 aromatic rings. The minimum Gasteiger partial charge on any atom is -0.315 e. The molecule has 0 saturated carbocycles. The van der Waals surface area contributed by atoms with Gasteiger partial charge in [0.15, 0.2) is 0 Å². The second-order valence-corrected chi connectivity index (χ2v) is 7.76. The Hall–Kier alpha value is -0.830. The van der Waals surface area contributed by atoms with E-state index >= 15 is 0 Å². The van der Waals surface area contributed by atoms with Gasteiger partial charge in [0.05, 0.1) is 10.5 Å². The first kappa shape index (κ1) is 18.5. The van der Waals surface area contributed by atoms with E-state index in [9.17, 15) is 21.6 Å². The fourth-order valence-corrected chi connectivity index (χ4v) is 4.73. The predicted octanol–water partition coefficient (Wildman–Crippen LogP) is 3.12. The molecule has 0 bridgehead atoms. The summed E-state index contributed by atoms with van der Waals surface area (Å²) in [7, 11) is -4.04. The summed E-state index contributed by atoms with van der Waals surface area (Å²) >= 11 is 5.71. The fourth-order valence-electron chi connectivity index (χ4n) is 2.62. The van der Waals surface area contributed by atoms with Crippen LogP contribution < -0.4 is 5.32 Å². The maximum Gasteiger partial charge on any atom is 0.416 e. The maximum absolute atomic E-state index is 12.9. The summed E-state index contributed by atoms with van der Waals surface area (Å²) in [5.74, 6) is 0. The number of benzene rings is 1. The van der Waals surface area contributed by atoms with E-state index in [0.29, 0.717) is 32.0 Å². The van der Waals surface area contributed by atoms with Gasteiger partial charge in [0, 0.05) is 24.2 Å². The van der Waals surface area contributed by atoms with Gasteiger partial charge in [-0.2, -0.15) is 17.5 Å². The summed E-state index contributed by atoms with van der Waals surface area (Å²) in [6.45, 7) is 3.25. The number of sulfonamides is 1. The summed E-state index contributed by atoms with van der Waals surface area (Å²) in [6, 6.07) is 2.18. The normalized spacial score (nSPS) is 19.5. The molecule has 2 rings (SSSR count). The predicted molar refractivity (Wildman–Crippen MR) is 81.9 cm³/mol. The van der Waals surface area contributed by atoms with Crippen molar-refractivity contribution in [3.8, 4) is 0 Å². The minimum atomic E-state index is -4.65. The van der Waals surface area contributed by atoms with Gasteiger partial charge < -0.3 is 5.32 Å². The zero-order valence-corrected chi connectivity index (χ0v) is 14.1. The molecule has 0 aromatic heterocycles. The quantitative estimate of drug-likeness (QED) is 0.866. The standard InChI is InChI=1S/C14H18ClF3N2O2S/c1-2-5-20(12-3-4-19-9-12)23(21,22)13-7-10(14(16,17)18)6-11(15)8-13/h6-8,12,19H,2-5,9H2,1H3. The fraction of sp³-hybridized carbons (Fsp3) is 0.571. The first-order valence-corrected chi connectivity index (χ1v) is 9.08. The number of nitrogens with one attached hydrogen (secondary N) is 1. The van der Waals surface area contributed by atoms with Crippen molar-refractivity contribution in [2.24, 2.45) is 0 Å². The molecule has 0 radical (unpaired) electrons. The van der Waals surface area contributed by atoms with Crippen molar-refractivity contribution in [3.05, 3.63) is 28.8 Å². The van der Waals surface area contributed by atoms with Crippen molar-refractivity contribution < 1.29 is 21.6 Å². The molecular formula is C14H18ClF3N2O2S. The third kappa shape index (κ3) is 4.17. The summed E-state index contributed by atoms with van der Waals surface area (Å²) < 4.78 is 65.6. The first-order valence-electron chi connectivity index (χ1n) is 7.26. The molecule has 1 heterocycles. The van der Waals surface area contributed by atoms with Crippen LogP contribution >= 0.6 is 11.6 Å². The van der Waals surface area contributed by atoms with Crippen LogP contribution in [0.25, 0.3) is 0 Å². The molecule has 1 aliphatic heterocycles. The molecule has 23 heavy (non-hydrogen) atoms. The summed E-state index contributed by atoms with van der Waals surface area (Å²) in [5, 5.41) is 2.82. The van der Waals surface area contributed by atoms with Gasteiger partial charge in [-0.1, -0.05) is 18.5 Å². The summed E-state index contributed by atoms with van der Waals surface area (Å²) in [4.78, 5) is -0.419. The molecule has 1 aliphatic rings. The Bertz CT molecular complexity index is 658. The molecule has 1 N–H and O–H groups in total. The van der Waals surface area contributed by atoms with E-state index in [-0.39, 0.29) is 17.6 Å². The lowest BCUT2D eigenvalue weighted by atomic mass is 10.2. The third-order valence-electron chi connectivity index (χ3n) is 3.69. The van der Waals surface area contributed by atoms with Crippen LogP contribution in [0.15, 0.2) is 23.1 Å². The maximum atomic E-state index is 12.9. The van der Waals surface area contributed by atoms with Crippen LogP contribution in [-0.2, 0) is 16.2 Å². The molecule has 4 nitrogen and oxygen atoms in total. The van der Waals surface area contributed by atoms with Gasteiger partial charge in [-0.3, -0.25) is 0 Å². The second kappa shape index (κ2) is 6.96. The molecule has 1 fully saturated rings. The van der Waals surface area contributed by atoms with Crippen molar-refractivity contribution in [2.45, 2.75) is 36.9 Å². The third-order valence-corrected chi connectivity index (χ3v) is 5.84. The monoisotopic (exact) mass is 370 g/mol. The van der Waals surface area contributed by atoms with Gasteiger partial charge in [-0.25, -0.2) is 8.42 Å². The van der Waals surface area contributed by atoms with Crippen LogP contribution in [0.5, 0.6) is 0 Å². The van der Waals surface area contributed by atoms with E-state index in [1.165, 1.54) is 4.31 Å². The highest BCUT2D eigenvalue weighted by Crippen LogP contribution is 2.34. The lowest BCUT2D eigenvalue weighted by molar-refractivity contribution is -0.137. The molecule has 1 aromatic carbocycles. The van der Waals surface area contributed by atoms with Gasteiger partial charge in [0.1, 0.15) is 0 Å². The van der Waals surface area contributed by atoms with Crippen LogP contribution in [0.1, 0.15) is 25.3 Å². The number of hydrogen-bond donors (Lipinski definition) is 1. The Balaban J connectivity index is 2.46. The molecule has 0 spiro atoms. The Labute approximate surface area is 138 Å². The van der Waals surface area contributed by atoms with E-state index in [1.54, 1.807) is 0 Å². The van der Waals surface area contributed by atoms with E-state index in [4.69, 9.17) is 11.6 Å². The molecule has 1 unspecified atom stereocenters. The number of alkyl halides is 3. The first-order chi connectivity index (χ1) is 10.7. The van der Waals surface area contributed by atoms with Crippen LogP contribution in [-0.4, -0.2) is 38.4 Å². The zero-order valence-electron chi connectivity index (χ0n) is 12.5. The van der Waals surface area contributed by atoms with E-state index in [2.05, 4.69) is 5.32 Å². The van der Waals surface area contributed by atoms with Crippen molar-refractivity contribution >= 4 is 21.6 Å². The van der Waals surface area contributed by atoms with E-state index in [0.717, 1.165) is 12.1 Å². The van der Waals surface area contributed by atoms with E-state index < -0.39 is 26.7 Å². The SMILES string of the molecule is CCCN(C1CCNC1)S(=O)(=O)c1cc(Cl)cc(C(F)(F)F)c1. The average molecular weight is 371 g/mol. The Morgan fingerprint density at radius 3 is 2.57 bits per heavy atom. The highest BCUT2D eigenvalue weighted by Gasteiger charge is 2.36. The van der Waals surface area contributed by atoms with Crippen LogP contribution in [0.3, 0.4) is 0 Å². The molecular weight excluding hydrogens is 353 g/mol. The number of rotatable bonds is 5. The van der Waals surface area contributed by atoms with Crippen LogP contribution in [0.4, 0.5) is 13.2 Å². The van der Waals surface area contributed by atoms with Gasteiger partial charge >= 0.3 is 6.18 Å². The number of hydrogen-bond acceptors (Lipinski definition) is 3. The van der Waals surface area contributed by atoms with Gasteiger partial charge in [-0.05, 0) is 37.6 Å². The molecule has 1 saturated heterocycles. The van der Waals surface area contributed by atoms with Gasteiger partial charge in [0.25, 0.3) is 0 Å². The lowest BCUT2D eigenvalue weighted by Gasteiger charge is -2.27. The lowest BCUT2D eigenvalue weighted by Crippen LogP contribution is -2.42. The topological polar surface area (TPSA) is 49.4 Å². The average Bonchev–Trinajstić information content (AvgIpc) is 2.96. The van der Waals surface area contributed by atoms with Gasteiger partial charge in [0.2, 0.25) is 10.0 Å². The number of halogens is 4.